The van der Waals surface area contributed by atoms with Crippen LogP contribution in [0.2, 0.25) is 5.02 Å². The number of nitrogens with zero attached hydrogens (tertiary/aromatic N) is 3. The second kappa shape index (κ2) is 8.27. The van der Waals surface area contributed by atoms with E-state index in [1.807, 2.05) is 6.26 Å². The fourth-order valence-corrected chi connectivity index (χ4v) is 7.52. The molecule has 2 heterocycles. The maximum atomic E-state index is 13.1. The molecule has 164 valence electrons. The number of thioether (sulfide) groups is 1. The molecule has 10 heteroatoms. The van der Waals surface area contributed by atoms with Crippen molar-refractivity contribution < 1.29 is 13.3 Å². The minimum Gasteiger partial charge on any atom is -0.399 e. The highest BCUT2D eigenvalue weighted by Crippen LogP contribution is 2.48. The second-order valence-electron chi connectivity index (χ2n) is 8.02. The Morgan fingerprint density at radius 2 is 2.00 bits per heavy atom. The third-order valence-corrected chi connectivity index (χ3v) is 9.53. The Bertz CT molecular complexity index is 1280. The highest BCUT2D eigenvalue weighted by Gasteiger charge is 2.36. The fraction of sp³-hybridized carbons (Fsp3) is 0.333. The highest BCUT2D eigenvalue weighted by atomic mass is 35.5. The molecule has 0 atom stereocenters. The van der Waals surface area contributed by atoms with Crippen LogP contribution in [0.1, 0.15) is 31.4 Å². The SMILES string of the molecule is CON=C1CC(C)(C)Cc2c(-c3ccn(S(=O)(=O)c4ccccc4Cl)n3)sc(SC)c21. The van der Waals surface area contributed by atoms with Gasteiger partial charge in [0, 0.05) is 11.8 Å². The zero-order valence-electron chi connectivity index (χ0n) is 17.5. The first-order valence-electron chi connectivity index (χ1n) is 9.54. The molecule has 3 aromatic rings. The van der Waals surface area contributed by atoms with Gasteiger partial charge in [-0.3, -0.25) is 0 Å². The molecule has 0 saturated heterocycles. The molecule has 0 fully saturated rings. The predicted molar refractivity (Wildman–Crippen MR) is 127 cm³/mol. The largest absolute Gasteiger partial charge is 0.399 e. The van der Waals surface area contributed by atoms with Crippen LogP contribution >= 0.6 is 34.7 Å². The van der Waals surface area contributed by atoms with Crippen LogP contribution in [0.15, 0.2) is 50.8 Å². The lowest BCUT2D eigenvalue weighted by molar-refractivity contribution is 0.210. The van der Waals surface area contributed by atoms with Crippen molar-refractivity contribution in [2.75, 3.05) is 13.4 Å². The number of halogens is 1. The Labute approximate surface area is 195 Å². The third kappa shape index (κ3) is 4.04. The van der Waals surface area contributed by atoms with Gasteiger partial charge in [-0.2, -0.15) is 17.6 Å². The van der Waals surface area contributed by atoms with E-state index in [1.165, 1.54) is 12.3 Å². The van der Waals surface area contributed by atoms with Gasteiger partial charge in [0.05, 0.1) is 19.8 Å². The van der Waals surface area contributed by atoms with Crippen LogP contribution < -0.4 is 0 Å². The van der Waals surface area contributed by atoms with Crippen molar-refractivity contribution in [2.45, 2.75) is 35.8 Å². The molecular formula is C21H22ClN3O3S3. The first-order chi connectivity index (χ1) is 14.7. The number of aromatic nitrogens is 2. The summed E-state index contributed by atoms with van der Waals surface area (Å²) in [5, 5.41) is 8.91. The molecule has 0 radical (unpaired) electrons. The number of rotatable bonds is 5. The zero-order chi connectivity index (χ0) is 22.4. The summed E-state index contributed by atoms with van der Waals surface area (Å²) in [4.78, 5) is 6.12. The van der Waals surface area contributed by atoms with E-state index in [2.05, 4.69) is 24.1 Å². The molecule has 2 aromatic heterocycles. The van der Waals surface area contributed by atoms with E-state index in [1.54, 1.807) is 54.5 Å². The normalized spacial score (nSPS) is 17.0. The van der Waals surface area contributed by atoms with Gasteiger partial charge in [-0.05, 0) is 48.3 Å². The van der Waals surface area contributed by atoms with Gasteiger partial charge in [0.15, 0.2) is 0 Å². The molecule has 1 aromatic carbocycles. The van der Waals surface area contributed by atoms with E-state index >= 15 is 0 Å². The summed E-state index contributed by atoms with van der Waals surface area (Å²) in [6.45, 7) is 4.39. The zero-order valence-corrected chi connectivity index (χ0v) is 20.8. The number of oxime groups is 1. The van der Waals surface area contributed by atoms with Gasteiger partial charge in [0.1, 0.15) is 17.7 Å². The Morgan fingerprint density at radius 1 is 1.26 bits per heavy atom. The Balaban J connectivity index is 1.84. The molecule has 0 bridgehead atoms. The lowest BCUT2D eigenvalue weighted by Crippen LogP contribution is -2.27. The van der Waals surface area contributed by atoms with Crippen molar-refractivity contribution in [3.05, 3.63) is 52.7 Å². The fourth-order valence-electron chi connectivity index (χ4n) is 3.84. The van der Waals surface area contributed by atoms with Crippen molar-refractivity contribution in [1.82, 2.24) is 9.19 Å². The van der Waals surface area contributed by atoms with Crippen LogP contribution in [-0.2, 0) is 21.3 Å². The quantitative estimate of drug-likeness (QED) is 0.343. The average molecular weight is 496 g/mol. The molecule has 4 rings (SSSR count). The van der Waals surface area contributed by atoms with Gasteiger partial charge in [-0.15, -0.1) is 23.1 Å². The average Bonchev–Trinajstić information content (AvgIpc) is 3.32. The van der Waals surface area contributed by atoms with E-state index in [9.17, 15) is 8.42 Å². The highest BCUT2D eigenvalue weighted by molar-refractivity contribution is 8.00. The van der Waals surface area contributed by atoms with Crippen molar-refractivity contribution in [3.8, 4) is 10.6 Å². The van der Waals surface area contributed by atoms with Gasteiger partial charge in [0.25, 0.3) is 10.0 Å². The number of fused-ring (bicyclic) bond motifs is 1. The van der Waals surface area contributed by atoms with Gasteiger partial charge in [-0.1, -0.05) is 42.7 Å². The Hall–Kier alpha value is -1.81. The van der Waals surface area contributed by atoms with Crippen molar-refractivity contribution in [3.63, 3.8) is 0 Å². The molecule has 0 unspecified atom stereocenters. The van der Waals surface area contributed by atoms with Crippen LogP contribution in [-0.4, -0.2) is 36.7 Å². The summed E-state index contributed by atoms with van der Waals surface area (Å²) in [5.41, 5.74) is 3.77. The number of benzene rings is 1. The summed E-state index contributed by atoms with van der Waals surface area (Å²) in [6.07, 6.45) is 5.16. The molecule has 6 nitrogen and oxygen atoms in total. The molecule has 0 amide bonds. The molecule has 1 aliphatic rings. The summed E-state index contributed by atoms with van der Waals surface area (Å²) in [7, 11) is -2.33. The van der Waals surface area contributed by atoms with Gasteiger partial charge in [-0.25, -0.2) is 0 Å². The lowest BCUT2D eigenvalue weighted by Gasteiger charge is -2.31. The van der Waals surface area contributed by atoms with E-state index < -0.39 is 10.0 Å². The molecule has 1 aliphatic carbocycles. The third-order valence-electron chi connectivity index (χ3n) is 5.11. The van der Waals surface area contributed by atoms with Crippen LogP contribution in [0.3, 0.4) is 0 Å². The summed E-state index contributed by atoms with van der Waals surface area (Å²) in [6, 6.07) is 8.10. The minimum absolute atomic E-state index is 0.00205. The van der Waals surface area contributed by atoms with E-state index in [-0.39, 0.29) is 15.3 Å². The maximum Gasteiger partial charge on any atom is 0.284 e. The molecule has 0 aliphatic heterocycles. The lowest BCUT2D eigenvalue weighted by atomic mass is 9.74. The Morgan fingerprint density at radius 3 is 2.68 bits per heavy atom. The number of thiophene rings is 1. The van der Waals surface area contributed by atoms with Gasteiger partial charge in [0.2, 0.25) is 0 Å². The molecule has 0 N–H and O–H groups in total. The van der Waals surface area contributed by atoms with Crippen LogP contribution in [0, 0.1) is 5.41 Å². The van der Waals surface area contributed by atoms with Crippen molar-refractivity contribution in [1.29, 1.82) is 0 Å². The smallest absolute Gasteiger partial charge is 0.284 e. The first kappa shape index (κ1) is 22.4. The maximum absolute atomic E-state index is 13.1. The van der Waals surface area contributed by atoms with Gasteiger partial charge < -0.3 is 4.84 Å². The molecular weight excluding hydrogens is 474 g/mol. The van der Waals surface area contributed by atoms with Crippen molar-refractivity contribution >= 4 is 50.4 Å². The van der Waals surface area contributed by atoms with E-state index in [0.717, 1.165) is 42.9 Å². The minimum atomic E-state index is -3.89. The monoisotopic (exact) mass is 495 g/mol. The number of hydrogen-bond acceptors (Lipinski definition) is 7. The van der Waals surface area contributed by atoms with E-state index in [0.29, 0.717) is 5.69 Å². The van der Waals surface area contributed by atoms with E-state index in [4.69, 9.17) is 16.4 Å². The standard InChI is InChI=1S/C21H22ClN3O3S3/c1-21(2)11-13-18(16(12-21)24-28-3)20(29-4)30-19(13)15-9-10-25(23-15)31(26,27)17-8-6-5-7-14(17)22/h5-10H,11-12H2,1-4H3. The van der Waals surface area contributed by atoms with Gasteiger partial charge >= 0.3 is 0 Å². The summed E-state index contributed by atoms with van der Waals surface area (Å²) >= 11 is 9.39. The molecule has 0 spiro atoms. The predicted octanol–water partition coefficient (Wildman–Crippen LogP) is 5.55. The summed E-state index contributed by atoms with van der Waals surface area (Å²) < 4.78 is 28.3. The van der Waals surface area contributed by atoms with Crippen molar-refractivity contribution in [2.24, 2.45) is 10.6 Å². The molecule has 31 heavy (non-hydrogen) atoms. The first-order valence-corrected chi connectivity index (χ1v) is 13.4. The van der Waals surface area contributed by atoms with Crippen LogP contribution in [0.25, 0.3) is 10.6 Å². The van der Waals surface area contributed by atoms with Crippen LogP contribution in [0.5, 0.6) is 0 Å². The van der Waals surface area contributed by atoms with Crippen LogP contribution in [0.4, 0.5) is 0 Å². The molecule has 0 saturated carbocycles. The second-order valence-corrected chi connectivity index (χ2v) is 12.3. The number of hydrogen-bond donors (Lipinski definition) is 0. The Kier molecular flexibility index (Phi) is 5.97. The topological polar surface area (TPSA) is 73.6 Å². The summed E-state index contributed by atoms with van der Waals surface area (Å²) in [5.74, 6) is 0.